The van der Waals surface area contributed by atoms with Gasteiger partial charge in [-0.25, -0.2) is 0 Å². The minimum Gasteiger partial charge on any atom is -0.507 e. The van der Waals surface area contributed by atoms with Gasteiger partial charge in [0.1, 0.15) is 11.6 Å². The van der Waals surface area contributed by atoms with Gasteiger partial charge in [0.2, 0.25) is 0 Å². The van der Waals surface area contributed by atoms with Crippen molar-refractivity contribution in [3.63, 3.8) is 0 Å². The number of ketones is 1. The van der Waals surface area contributed by atoms with Gasteiger partial charge in [-0.2, -0.15) is 0 Å². The van der Waals surface area contributed by atoms with Crippen LogP contribution in [-0.4, -0.2) is 53.0 Å². The maximum absolute atomic E-state index is 13.8. The minimum atomic E-state index is -0.297. The number of Topliss-reactive ketones (excluding diaryl/α,β-unsaturated/α-hetero) is 1. The molecule has 0 amide bonds. The summed E-state index contributed by atoms with van der Waals surface area (Å²) >= 11 is 0. The molecule has 1 heterocycles. The van der Waals surface area contributed by atoms with Crippen LogP contribution >= 0.6 is 0 Å². The number of aliphatic hydroxyl groups is 1. The largest absolute Gasteiger partial charge is 0.507 e. The molecule has 0 bridgehead atoms. The van der Waals surface area contributed by atoms with E-state index < -0.39 is 0 Å². The summed E-state index contributed by atoms with van der Waals surface area (Å²) in [7, 11) is 0. The summed E-state index contributed by atoms with van der Waals surface area (Å²) in [6, 6.07) is 14.2. The first kappa shape index (κ1) is 28.9. The topological polar surface area (TPSA) is 73.1 Å². The fraction of sp³-hybridized carbons (Fsp3) is 0.562. The zero-order valence-electron chi connectivity index (χ0n) is 23.8. The number of carbonyl (C=O) groups is 1. The molecule has 1 fully saturated rings. The van der Waals surface area contributed by atoms with Crippen LogP contribution in [-0.2, 0) is 17.3 Å². The van der Waals surface area contributed by atoms with Crippen LogP contribution in [0.5, 0.6) is 5.75 Å². The molecule has 0 radical (unpaired) electrons. The second kappa shape index (κ2) is 11.8. The van der Waals surface area contributed by atoms with E-state index in [4.69, 9.17) is 4.99 Å². The van der Waals surface area contributed by atoms with Gasteiger partial charge >= 0.3 is 0 Å². The van der Waals surface area contributed by atoms with E-state index in [1.54, 1.807) is 0 Å². The minimum absolute atomic E-state index is 0.0103. The van der Waals surface area contributed by atoms with Gasteiger partial charge in [0, 0.05) is 29.2 Å². The lowest BCUT2D eigenvalue weighted by Gasteiger charge is -2.28. The van der Waals surface area contributed by atoms with E-state index >= 15 is 0 Å². The maximum Gasteiger partial charge on any atom is 0.182 e. The monoisotopic (exact) mass is 506 g/mol. The molecule has 5 nitrogen and oxygen atoms in total. The van der Waals surface area contributed by atoms with Gasteiger partial charge < -0.3 is 15.1 Å². The lowest BCUT2D eigenvalue weighted by molar-refractivity contribution is 0.0963. The number of aromatic hydroxyl groups is 1. The standard InChI is InChI=1S/C32H46N2O3/c1-8-12-23-20-34(30(33-15-16-35)25(23)17-22-13-10-9-11-14-22)21-28(36)24-18-26(31(2,3)4)29(37)27(19-24)32(5,6)7/h9-11,13-14,18-19,23,25,35,37H,8,12,15-17,20-21H2,1-7H3/b33-30-/t23-,25+/m0/s1. The Bertz CT molecular complexity index is 1060. The molecule has 2 N–H and O–H groups in total. The van der Waals surface area contributed by atoms with Crippen molar-refractivity contribution in [1.29, 1.82) is 0 Å². The van der Waals surface area contributed by atoms with Crippen LogP contribution in [0.15, 0.2) is 47.5 Å². The van der Waals surface area contributed by atoms with E-state index in [0.717, 1.165) is 42.8 Å². The molecule has 0 unspecified atom stereocenters. The summed E-state index contributed by atoms with van der Waals surface area (Å²) in [5.41, 5.74) is 2.90. The highest BCUT2D eigenvalue weighted by atomic mass is 16.3. The molecular formula is C32H46N2O3. The van der Waals surface area contributed by atoms with Gasteiger partial charge in [-0.3, -0.25) is 9.79 Å². The summed E-state index contributed by atoms with van der Waals surface area (Å²) in [6.07, 6.45) is 3.02. The molecule has 0 aliphatic carbocycles. The molecule has 1 aliphatic rings. The third-order valence-electron chi connectivity index (χ3n) is 7.39. The molecule has 202 valence electrons. The second-order valence-corrected chi connectivity index (χ2v) is 12.5. The average molecular weight is 507 g/mol. The average Bonchev–Trinajstić information content (AvgIpc) is 3.12. The Hall–Kier alpha value is -2.66. The van der Waals surface area contributed by atoms with Crippen LogP contribution in [0.2, 0.25) is 0 Å². The summed E-state index contributed by atoms with van der Waals surface area (Å²) in [5.74, 6) is 1.88. The number of phenolic OH excluding ortho intramolecular Hbond substituents is 1. The molecule has 2 atom stereocenters. The van der Waals surface area contributed by atoms with E-state index in [9.17, 15) is 15.0 Å². The predicted molar refractivity (Wildman–Crippen MR) is 153 cm³/mol. The third-order valence-corrected chi connectivity index (χ3v) is 7.39. The molecule has 1 saturated heterocycles. The predicted octanol–water partition coefficient (Wildman–Crippen LogP) is 6.15. The first-order valence-electron chi connectivity index (χ1n) is 13.7. The van der Waals surface area contributed by atoms with E-state index in [0.29, 0.717) is 18.0 Å². The van der Waals surface area contributed by atoms with E-state index in [-0.39, 0.29) is 41.4 Å². The highest BCUT2D eigenvalue weighted by Crippen LogP contribution is 2.40. The molecule has 2 aromatic carbocycles. The van der Waals surface area contributed by atoms with E-state index in [1.165, 1.54) is 5.56 Å². The van der Waals surface area contributed by atoms with Gasteiger partial charge in [-0.05, 0) is 47.3 Å². The highest BCUT2D eigenvalue weighted by molar-refractivity contribution is 6.01. The van der Waals surface area contributed by atoms with Crippen LogP contribution in [0.25, 0.3) is 0 Å². The number of aliphatic hydroxyl groups excluding tert-OH is 1. The lowest BCUT2D eigenvalue weighted by atomic mass is 9.78. The summed E-state index contributed by atoms with van der Waals surface area (Å²) in [5, 5.41) is 20.6. The normalized spacial score (nSPS) is 19.6. The number of phenols is 1. The number of hydrogen-bond acceptors (Lipinski definition) is 4. The van der Waals surface area contributed by atoms with Gasteiger partial charge in [0.25, 0.3) is 0 Å². The van der Waals surface area contributed by atoms with Crippen molar-refractivity contribution in [2.75, 3.05) is 26.2 Å². The summed E-state index contributed by atoms with van der Waals surface area (Å²) in [6.45, 7) is 15.9. The van der Waals surface area contributed by atoms with Gasteiger partial charge in [0.15, 0.2) is 5.78 Å². The molecule has 0 aromatic heterocycles. The first-order valence-corrected chi connectivity index (χ1v) is 13.7. The van der Waals surface area contributed by atoms with Crippen molar-refractivity contribution in [2.45, 2.75) is 78.6 Å². The Morgan fingerprint density at radius 2 is 1.62 bits per heavy atom. The molecule has 0 saturated carbocycles. The maximum atomic E-state index is 13.8. The number of carbonyl (C=O) groups excluding carboxylic acids is 1. The van der Waals surface area contributed by atoms with Crippen LogP contribution in [0, 0.1) is 11.8 Å². The quantitative estimate of drug-likeness (QED) is 0.400. The van der Waals surface area contributed by atoms with Crippen molar-refractivity contribution < 1.29 is 15.0 Å². The smallest absolute Gasteiger partial charge is 0.182 e. The van der Waals surface area contributed by atoms with Crippen molar-refractivity contribution in [1.82, 2.24) is 4.90 Å². The lowest BCUT2D eigenvalue weighted by Crippen LogP contribution is -2.34. The van der Waals surface area contributed by atoms with Crippen LogP contribution in [0.3, 0.4) is 0 Å². The molecular weight excluding hydrogens is 460 g/mol. The SMILES string of the molecule is CCC[C@H]1CN(CC(=O)c2cc(C(C)(C)C)c(O)c(C(C)(C)C)c2)/C(=N\CCO)[C@@H]1Cc1ccccc1. The zero-order valence-corrected chi connectivity index (χ0v) is 23.8. The molecule has 2 aromatic rings. The van der Waals surface area contributed by atoms with Crippen molar-refractivity contribution in [3.05, 3.63) is 64.7 Å². The number of likely N-dealkylation sites (tertiary alicyclic amines) is 1. The number of hydrogen-bond donors (Lipinski definition) is 2. The van der Waals surface area contributed by atoms with Crippen LogP contribution < -0.4 is 0 Å². The van der Waals surface area contributed by atoms with Crippen molar-refractivity contribution >= 4 is 11.6 Å². The highest BCUT2D eigenvalue weighted by Gasteiger charge is 2.38. The van der Waals surface area contributed by atoms with Gasteiger partial charge in [-0.15, -0.1) is 0 Å². The first-order chi connectivity index (χ1) is 17.4. The van der Waals surface area contributed by atoms with Crippen LogP contribution in [0.1, 0.15) is 88.4 Å². The summed E-state index contributed by atoms with van der Waals surface area (Å²) < 4.78 is 0. The number of nitrogens with zero attached hydrogens (tertiary/aromatic N) is 2. The Labute approximate surface area is 223 Å². The number of rotatable bonds is 9. The van der Waals surface area contributed by atoms with Gasteiger partial charge in [0.05, 0.1) is 19.7 Å². The van der Waals surface area contributed by atoms with Crippen LogP contribution in [0.4, 0.5) is 0 Å². The molecule has 37 heavy (non-hydrogen) atoms. The number of benzene rings is 2. The summed E-state index contributed by atoms with van der Waals surface area (Å²) in [4.78, 5) is 20.7. The number of aliphatic imine (C=N–C) groups is 1. The second-order valence-electron chi connectivity index (χ2n) is 12.5. The Balaban J connectivity index is 1.97. The fourth-order valence-electron chi connectivity index (χ4n) is 5.47. The van der Waals surface area contributed by atoms with Crippen molar-refractivity contribution in [3.8, 4) is 5.75 Å². The van der Waals surface area contributed by atoms with Gasteiger partial charge in [-0.1, -0.05) is 85.2 Å². The van der Waals surface area contributed by atoms with E-state index in [1.807, 2.05) is 18.2 Å². The third kappa shape index (κ3) is 7.01. The zero-order chi connectivity index (χ0) is 27.4. The molecule has 0 spiro atoms. The Morgan fingerprint density at radius 3 is 2.14 bits per heavy atom. The van der Waals surface area contributed by atoms with Crippen molar-refractivity contribution in [2.24, 2.45) is 16.8 Å². The fourth-order valence-corrected chi connectivity index (χ4v) is 5.47. The Kier molecular flexibility index (Phi) is 9.22. The molecule has 5 heteroatoms. The Morgan fingerprint density at radius 1 is 1.03 bits per heavy atom. The molecule has 1 aliphatic heterocycles. The van der Waals surface area contributed by atoms with E-state index in [2.05, 4.69) is 77.6 Å². The molecule has 3 rings (SSSR count). The number of amidine groups is 1.